The highest BCUT2D eigenvalue weighted by atomic mass is 32.1. The number of thiazole rings is 1. The van der Waals surface area contributed by atoms with Crippen LogP contribution in [-0.4, -0.2) is 9.97 Å². The van der Waals surface area contributed by atoms with E-state index in [1.54, 1.807) is 11.3 Å². The number of nitrogens with zero attached hydrogens (tertiary/aromatic N) is 2. The third kappa shape index (κ3) is 1.82. The molecule has 2 aromatic carbocycles. The zero-order chi connectivity index (χ0) is 13.5. The van der Waals surface area contributed by atoms with Crippen molar-refractivity contribution >= 4 is 38.1 Å². The Labute approximate surface area is 119 Å². The van der Waals surface area contributed by atoms with Crippen molar-refractivity contribution < 1.29 is 0 Å². The lowest BCUT2D eigenvalue weighted by atomic mass is 10.1. The molecule has 4 heteroatoms. The summed E-state index contributed by atoms with van der Waals surface area (Å²) in [5.74, 6) is 0. The summed E-state index contributed by atoms with van der Waals surface area (Å²) in [5.41, 5.74) is 9.70. The van der Waals surface area contributed by atoms with Gasteiger partial charge in [0.2, 0.25) is 0 Å². The molecule has 2 aromatic heterocycles. The quantitative estimate of drug-likeness (QED) is 0.533. The van der Waals surface area contributed by atoms with Gasteiger partial charge in [-0.2, -0.15) is 0 Å². The van der Waals surface area contributed by atoms with E-state index in [4.69, 9.17) is 5.73 Å². The van der Waals surface area contributed by atoms with Crippen molar-refractivity contribution in [1.82, 2.24) is 9.97 Å². The molecule has 0 aliphatic heterocycles. The average molecular weight is 277 g/mol. The predicted octanol–water partition coefficient (Wildman–Crippen LogP) is 4.09. The lowest BCUT2D eigenvalue weighted by Gasteiger charge is -1.99. The minimum atomic E-state index is 0.774. The molecule has 2 heterocycles. The SMILES string of the molecule is Nc1ccc2nc(-c3ccc4ncccc4c3)sc2c1. The van der Waals surface area contributed by atoms with Crippen LogP contribution in [0.4, 0.5) is 5.69 Å². The molecule has 0 spiro atoms. The van der Waals surface area contributed by atoms with Crippen LogP contribution in [0.1, 0.15) is 0 Å². The summed E-state index contributed by atoms with van der Waals surface area (Å²) in [4.78, 5) is 9.01. The molecular formula is C16H11N3S. The molecule has 0 saturated carbocycles. The maximum Gasteiger partial charge on any atom is 0.124 e. The number of pyridine rings is 1. The van der Waals surface area contributed by atoms with E-state index in [9.17, 15) is 0 Å². The minimum Gasteiger partial charge on any atom is -0.399 e. The zero-order valence-electron chi connectivity index (χ0n) is 10.6. The van der Waals surface area contributed by atoms with Crippen LogP contribution in [0.25, 0.3) is 31.7 Å². The largest absolute Gasteiger partial charge is 0.399 e. The molecule has 20 heavy (non-hydrogen) atoms. The molecule has 96 valence electrons. The summed E-state index contributed by atoms with van der Waals surface area (Å²) in [6.07, 6.45) is 1.81. The van der Waals surface area contributed by atoms with Crippen molar-refractivity contribution in [3.8, 4) is 10.6 Å². The summed E-state index contributed by atoms with van der Waals surface area (Å²) < 4.78 is 1.12. The number of hydrogen-bond acceptors (Lipinski definition) is 4. The lowest BCUT2D eigenvalue weighted by Crippen LogP contribution is -1.81. The molecule has 0 aliphatic rings. The summed E-state index contributed by atoms with van der Waals surface area (Å²) in [5, 5.41) is 2.14. The maximum atomic E-state index is 5.82. The van der Waals surface area contributed by atoms with Crippen molar-refractivity contribution in [3.63, 3.8) is 0 Å². The Morgan fingerprint density at radius 1 is 0.950 bits per heavy atom. The van der Waals surface area contributed by atoms with Crippen LogP contribution in [-0.2, 0) is 0 Å². The van der Waals surface area contributed by atoms with E-state index in [2.05, 4.69) is 28.2 Å². The molecule has 0 unspecified atom stereocenters. The van der Waals surface area contributed by atoms with E-state index in [0.29, 0.717) is 0 Å². The Kier molecular flexibility index (Phi) is 2.44. The van der Waals surface area contributed by atoms with Gasteiger partial charge < -0.3 is 5.73 Å². The Balaban J connectivity index is 1.91. The van der Waals surface area contributed by atoms with Crippen LogP contribution in [0.15, 0.2) is 54.7 Å². The Hall–Kier alpha value is -2.46. The van der Waals surface area contributed by atoms with E-state index in [0.717, 1.165) is 37.4 Å². The highest BCUT2D eigenvalue weighted by molar-refractivity contribution is 7.21. The van der Waals surface area contributed by atoms with Crippen molar-refractivity contribution in [3.05, 3.63) is 54.7 Å². The monoisotopic (exact) mass is 277 g/mol. The normalized spacial score (nSPS) is 11.2. The number of benzene rings is 2. The first-order valence-electron chi connectivity index (χ1n) is 6.31. The van der Waals surface area contributed by atoms with Gasteiger partial charge in [-0.3, -0.25) is 4.98 Å². The summed E-state index contributed by atoms with van der Waals surface area (Å²) in [6, 6.07) is 16.1. The van der Waals surface area contributed by atoms with Gasteiger partial charge in [0.1, 0.15) is 5.01 Å². The third-order valence-corrected chi connectivity index (χ3v) is 4.33. The molecule has 0 atom stereocenters. The fraction of sp³-hybridized carbons (Fsp3) is 0. The van der Waals surface area contributed by atoms with Gasteiger partial charge in [-0.25, -0.2) is 4.98 Å². The van der Waals surface area contributed by atoms with Gasteiger partial charge in [0.05, 0.1) is 15.7 Å². The predicted molar refractivity (Wildman–Crippen MR) is 84.8 cm³/mol. The van der Waals surface area contributed by atoms with Crippen LogP contribution >= 0.6 is 11.3 Å². The van der Waals surface area contributed by atoms with Crippen LogP contribution in [0.5, 0.6) is 0 Å². The highest BCUT2D eigenvalue weighted by Crippen LogP contribution is 2.32. The van der Waals surface area contributed by atoms with Crippen LogP contribution in [0.2, 0.25) is 0 Å². The Bertz CT molecular complexity index is 927. The average Bonchev–Trinajstić information content (AvgIpc) is 2.89. The number of aromatic nitrogens is 2. The third-order valence-electron chi connectivity index (χ3n) is 3.26. The Morgan fingerprint density at radius 3 is 2.80 bits per heavy atom. The van der Waals surface area contributed by atoms with Gasteiger partial charge in [0, 0.05) is 22.8 Å². The number of nitrogens with two attached hydrogens (primary N) is 1. The molecule has 0 radical (unpaired) electrons. The van der Waals surface area contributed by atoms with E-state index >= 15 is 0 Å². The number of fused-ring (bicyclic) bond motifs is 2. The molecule has 0 amide bonds. The fourth-order valence-corrected chi connectivity index (χ4v) is 3.28. The van der Waals surface area contributed by atoms with Crippen LogP contribution in [0.3, 0.4) is 0 Å². The van der Waals surface area contributed by atoms with Crippen LogP contribution in [0, 0.1) is 0 Å². The summed E-state index contributed by atoms with van der Waals surface area (Å²) >= 11 is 1.66. The summed E-state index contributed by atoms with van der Waals surface area (Å²) in [6.45, 7) is 0. The van der Waals surface area contributed by atoms with Gasteiger partial charge in [0.15, 0.2) is 0 Å². The van der Waals surface area contributed by atoms with Gasteiger partial charge in [0.25, 0.3) is 0 Å². The second-order valence-electron chi connectivity index (χ2n) is 4.66. The lowest BCUT2D eigenvalue weighted by molar-refractivity contribution is 1.41. The number of hydrogen-bond donors (Lipinski definition) is 1. The van der Waals surface area contributed by atoms with E-state index in [1.165, 1.54) is 0 Å². The molecule has 4 rings (SSSR count). The van der Waals surface area contributed by atoms with Crippen molar-refractivity contribution in [2.24, 2.45) is 0 Å². The van der Waals surface area contributed by atoms with E-state index in [-0.39, 0.29) is 0 Å². The molecule has 0 fully saturated rings. The number of anilines is 1. The molecule has 3 nitrogen and oxygen atoms in total. The first kappa shape index (κ1) is 11.4. The Morgan fingerprint density at radius 2 is 1.85 bits per heavy atom. The molecular weight excluding hydrogens is 266 g/mol. The van der Waals surface area contributed by atoms with Crippen molar-refractivity contribution in [1.29, 1.82) is 0 Å². The molecule has 2 N–H and O–H groups in total. The highest BCUT2D eigenvalue weighted by Gasteiger charge is 2.07. The molecule has 4 aromatic rings. The second kappa shape index (κ2) is 4.28. The minimum absolute atomic E-state index is 0.774. The van der Waals surface area contributed by atoms with E-state index in [1.807, 2.05) is 36.5 Å². The maximum absolute atomic E-state index is 5.82. The smallest absolute Gasteiger partial charge is 0.124 e. The van der Waals surface area contributed by atoms with E-state index < -0.39 is 0 Å². The van der Waals surface area contributed by atoms with Gasteiger partial charge in [-0.1, -0.05) is 6.07 Å². The van der Waals surface area contributed by atoms with Gasteiger partial charge in [-0.05, 0) is 42.5 Å². The molecule has 0 aliphatic carbocycles. The second-order valence-corrected chi connectivity index (χ2v) is 5.69. The first-order valence-corrected chi connectivity index (χ1v) is 7.12. The molecule has 0 saturated heterocycles. The van der Waals surface area contributed by atoms with Gasteiger partial charge >= 0.3 is 0 Å². The fourth-order valence-electron chi connectivity index (χ4n) is 2.27. The summed E-state index contributed by atoms with van der Waals surface area (Å²) in [7, 11) is 0. The molecule has 0 bridgehead atoms. The topological polar surface area (TPSA) is 51.8 Å². The van der Waals surface area contributed by atoms with Gasteiger partial charge in [-0.15, -0.1) is 11.3 Å². The number of rotatable bonds is 1. The first-order chi connectivity index (χ1) is 9.79. The van der Waals surface area contributed by atoms with Crippen molar-refractivity contribution in [2.45, 2.75) is 0 Å². The van der Waals surface area contributed by atoms with Crippen LogP contribution < -0.4 is 5.73 Å². The number of nitrogen functional groups attached to an aromatic ring is 1. The standard InChI is InChI=1S/C16H11N3S/c17-12-4-6-14-15(9-12)20-16(19-14)11-3-5-13-10(8-11)2-1-7-18-13/h1-9H,17H2. The zero-order valence-corrected chi connectivity index (χ0v) is 11.4. The van der Waals surface area contributed by atoms with Crippen molar-refractivity contribution in [2.75, 3.05) is 5.73 Å².